The molecule has 3 nitrogen and oxygen atoms in total. The zero-order chi connectivity index (χ0) is 6.41. The van der Waals surface area contributed by atoms with Crippen LogP contribution in [0.2, 0.25) is 0 Å². The minimum atomic E-state index is -2.24. The second-order valence-corrected chi connectivity index (χ2v) is 2.78. The fourth-order valence-electron chi connectivity index (χ4n) is 0.368. The summed E-state index contributed by atoms with van der Waals surface area (Å²) in [7, 11) is -0.659. The van der Waals surface area contributed by atoms with E-state index in [-0.39, 0.29) is 0 Å². The van der Waals surface area contributed by atoms with Gasteiger partial charge in [0.25, 0.3) is 0 Å². The topological polar surface area (TPSA) is 46.5 Å². The van der Waals surface area contributed by atoms with E-state index >= 15 is 0 Å². The molecule has 0 aliphatic rings. The SMILES string of the molecule is COCCC[PH](=O)O. The number of methoxy groups -OCH3 is 1. The van der Waals surface area contributed by atoms with Crippen molar-refractivity contribution in [2.24, 2.45) is 0 Å². The van der Waals surface area contributed by atoms with Crippen LogP contribution in [-0.2, 0) is 9.30 Å². The van der Waals surface area contributed by atoms with E-state index in [1.54, 1.807) is 7.11 Å². The molecule has 0 heterocycles. The van der Waals surface area contributed by atoms with Crippen molar-refractivity contribution in [3.05, 3.63) is 0 Å². The van der Waals surface area contributed by atoms with E-state index in [1.807, 2.05) is 0 Å². The summed E-state index contributed by atoms with van der Waals surface area (Å²) in [6, 6.07) is 0. The van der Waals surface area contributed by atoms with Crippen molar-refractivity contribution in [1.82, 2.24) is 0 Å². The van der Waals surface area contributed by atoms with E-state index in [9.17, 15) is 4.57 Å². The lowest BCUT2D eigenvalue weighted by molar-refractivity contribution is 0.199. The van der Waals surface area contributed by atoms with Gasteiger partial charge < -0.3 is 9.63 Å². The molecule has 1 atom stereocenters. The third-order valence-electron chi connectivity index (χ3n) is 0.739. The average molecular weight is 138 g/mol. The lowest BCUT2D eigenvalue weighted by Crippen LogP contribution is -1.89. The van der Waals surface area contributed by atoms with Gasteiger partial charge in [-0.3, -0.25) is 4.57 Å². The molecule has 0 aliphatic heterocycles. The molecular weight excluding hydrogens is 127 g/mol. The van der Waals surface area contributed by atoms with Crippen molar-refractivity contribution < 1.29 is 14.2 Å². The number of ether oxygens (including phenoxy) is 1. The molecule has 0 saturated heterocycles. The number of hydrogen-bond acceptors (Lipinski definition) is 2. The minimum absolute atomic E-state index is 0.387. The van der Waals surface area contributed by atoms with Crippen molar-refractivity contribution in [1.29, 1.82) is 0 Å². The Morgan fingerprint density at radius 2 is 2.38 bits per heavy atom. The monoisotopic (exact) mass is 138 g/mol. The van der Waals surface area contributed by atoms with Gasteiger partial charge in [0.15, 0.2) is 8.03 Å². The zero-order valence-corrected chi connectivity index (χ0v) is 5.89. The molecule has 0 radical (unpaired) electrons. The maximum atomic E-state index is 10.0. The Morgan fingerprint density at radius 1 is 1.75 bits per heavy atom. The van der Waals surface area contributed by atoms with Gasteiger partial charge in [-0.25, -0.2) is 0 Å². The highest BCUT2D eigenvalue weighted by atomic mass is 31.1. The summed E-state index contributed by atoms with van der Waals surface area (Å²) in [6.07, 6.45) is 1.07. The highest BCUT2D eigenvalue weighted by Crippen LogP contribution is 2.12. The van der Waals surface area contributed by atoms with Crippen LogP contribution in [0.1, 0.15) is 6.42 Å². The Morgan fingerprint density at radius 3 is 2.75 bits per heavy atom. The molecule has 4 heteroatoms. The number of rotatable bonds is 4. The maximum absolute atomic E-state index is 10.0. The largest absolute Gasteiger partial charge is 0.385 e. The van der Waals surface area contributed by atoms with E-state index in [0.29, 0.717) is 19.2 Å². The molecule has 0 rings (SSSR count). The molecule has 50 valence electrons. The lowest BCUT2D eigenvalue weighted by Gasteiger charge is -1.93. The summed E-state index contributed by atoms with van der Waals surface area (Å²) in [5.74, 6) is 0. The van der Waals surface area contributed by atoms with Crippen molar-refractivity contribution in [2.75, 3.05) is 19.9 Å². The van der Waals surface area contributed by atoms with Crippen LogP contribution in [0.25, 0.3) is 0 Å². The molecule has 0 aliphatic carbocycles. The molecule has 0 amide bonds. The maximum Gasteiger partial charge on any atom is 0.189 e. The predicted molar refractivity (Wildman–Crippen MR) is 32.6 cm³/mol. The Kier molecular flexibility index (Phi) is 5.39. The standard InChI is InChI=1S/C4H11O3P/c1-7-3-2-4-8(5)6/h8H,2-4H2,1H3,(H,5,6). The summed E-state index contributed by atoms with van der Waals surface area (Å²) < 4.78 is 14.7. The second kappa shape index (κ2) is 5.29. The number of hydrogen-bond donors (Lipinski definition) is 1. The molecule has 0 aromatic heterocycles. The highest BCUT2D eigenvalue weighted by molar-refractivity contribution is 7.37. The minimum Gasteiger partial charge on any atom is -0.385 e. The van der Waals surface area contributed by atoms with Crippen LogP contribution in [0.5, 0.6) is 0 Å². The molecular formula is C4H11O3P. The molecule has 0 aromatic rings. The van der Waals surface area contributed by atoms with Crippen LogP contribution >= 0.6 is 8.03 Å². The van der Waals surface area contributed by atoms with Crippen molar-refractivity contribution in [2.45, 2.75) is 6.42 Å². The first-order valence-corrected chi connectivity index (χ1v) is 4.04. The molecule has 1 N–H and O–H groups in total. The Hall–Kier alpha value is 0.150. The third kappa shape index (κ3) is 6.15. The lowest BCUT2D eigenvalue weighted by atomic mass is 10.5. The van der Waals surface area contributed by atoms with Gasteiger partial charge >= 0.3 is 0 Å². The average Bonchev–Trinajstić information content (AvgIpc) is 1.66. The van der Waals surface area contributed by atoms with Gasteiger partial charge in [-0.1, -0.05) is 0 Å². The van der Waals surface area contributed by atoms with Gasteiger partial charge in [0.05, 0.1) is 0 Å². The van der Waals surface area contributed by atoms with Gasteiger partial charge in [-0.15, -0.1) is 0 Å². The summed E-state index contributed by atoms with van der Waals surface area (Å²) in [5.41, 5.74) is 0. The summed E-state index contributed by atoms with van der Waals surface area (Å²) in [4.78, 5) is 8.27. The second-order valence-electron chi connectivity index (χ2n) is 1.49. The van der Waals surface area contributed by atoms with Gasteiger partial charge in [0, 0.05) is 19.9 Å². The van der Waals surface area contributed by atoms with E-state index in [0.717, 1.165) is 0 Å². The zero-order valence-electron chi connectivity index (χ0n) is 4.89. The molecule has 0 aromatic carbocycles. The van der Waals surface area contributed by atoms with Crippen LogP contribution in [0.15, 0.2) is 0 Å². The van der Waals surface area contributed by atoms with Crippen molar-refractivity contribution >= 4 is 8.03 Å². The Balaban J connectivity index is 2.82. The summed E-state index contributed by atoms with van der Waals surface area (Å²) >= 11 is 0. The first-order valence-electron chi connectivity index (χ1n) is 2.48. The summed E-state index contributed by atoms with van der Waals surface area (Å²) in [5, 5.41) is 0. The van der Waals surface area contributed by atoms with Crippen LogP contribution < -0.4 is 0 Å². The van der Waals surface area contributed by atoms with E-state index in [2.05, 4.69) is 4.74 Å². The van der Waals surface area contributed by atoms with Crippen LogP contribution in [0, 0.1) is 0 Å². The quantitative estimate of drug-likeness (QED) is 0.454. The molecule has 0 fully saturated rings. The Bertz CT molecular complexity index is 73.7. The van der Waals surface area contributed by atoms with Crippen LogP contribution in [-0.4, -0.2) is 24.8 Å². The molecule has 0 spiro atoms. The smallest absolute Gasteiger partial charge is 0.189 e. The Labute approximate surface area is 49.5 Å². The van der Waals surface area contributed by atoms with Crippen LogP contribution in [0.3, 0.4) is 0 Å². The van der Waals surface area contributed by atoms with Gasteiger partial charge in [0.1, 0.15) is 0 Å². The van der Waals surface area contributed by atoms with Crippen molar-refractivity contribution in [3.63, 3.8) is 0 Å². The highest BCUT2D eigenvalue weighted by Gasteiger charge is 1.89. The summed E-state index contributed by atoms with van der Waals surface area (Å²) in [6.45, 7) is 0.580. The molecule has 1 unspecified atom stereocenters. The fourth-order valence-corrected chi connectivity index (χ4v) is 0.815. The molecule has 0 saturated carbocycles. The molecule has 0 bridgehead atoms. The van der Waals surface area contributed by atoms with Gasteiger partial charge in [-0.2, -0.15) is 0 Å². The van der Waals surface area contributed by atoms with Crippen molar-refractivity contribution in [3.8, 4) is 0 Å². The third-order valence-corrected chi connectivity index (χ3v) is 1.52. The predicted octanol–water partition coefficient (Wildman–Crippen LogP) is 0.490. The normalized spacial score (nSPS) is 13.8. The van der Waals surface area contributed by atoms with Crippen LogP contribution in [0.4, 0.5) is 0 Å². The van der Waals surface area contributed by atoms with E-state index < -0.39 is 8.03 Å². The first kappa shape index (κ1) is 8.15. The van der Waals surface area contributed by atoms with E-state index in [4.69, 9.17) is 4.89 Å². The van der Waals surface area contributed by atoms with E-state index in [1.165, 1.54) is 0 Å². The molecule has 8 heavy (non-hydrogen) atoms. The fraction of sp³-hybridized carbons (Fsp3) is 1.00. The first-order chi connectivity index (χ1) is 3.77. The van der Waals surface area contributed by atoms with Gasteiger partial charge in [-0.05, 0) is 6.42 Å². The van der Waals surface area contributed by atoms with Gasteiger partial charge in [0.2, 0.25) is 0 Å².